The van der Waals surface area contributed by atoms with Crippen molar-refractivity contribution in [2.75, 3.05) is 0 Å². The maximum atomic E-state index is 6.37. The molecule has 1 atom stereocenters. The molecule has 0 aromatic heterocycles. The first-order valence-corrected chi connectivity index (χ1v) is 8.19. The molecule has 110 valence electrons. The number of epoxide rings is 1. The summed E-state index contributed by atoms with van der Waals surface area (Å²) >= 11 is 0. The third kappa shape index (κ3) is 2.16. The monoisotopic (exact) mass is 288 g/mol. The Hall–Kier alpha value is -2.04. The predicted molar refractivity (Wildman–Crippen MR) is 88.3 cm³/mol. The maximum Gasteiger partial charge on any atom is 0.184 e. The van der Waals surface area contributed by atoms with Crippen LogP contribution in [-0.4, -0.2) is 5.60 Å². The van der Waals surface area contributed by atoms with E-state index >= 15 is 0 Å². The zero-order valence-electron chi connectivity index (χ0n) is 12.7. The third-order valence-electron chi connectivity index (χ3n) is 4.95. The predicted octanol–water partition coefficient (Wildman–Crippen LogP) is 4.67. The average Bonchev–Trinajstić information content (AvgIpc) is 3.22. The lowest BCUT2D eigenvalue weighted by molar-refractivity contribution is 0.229. The lowest BCUT2D eigenvalue weighted by Gasteiger charge is -2.21. The molecule has 1 heterocycles. The molecule has 0 radical (unpaired) electrons. The van der Waals surface area contributed by atoms with Crippen LogP contribution in [0.1, 0.15) is 43.2 Å². The van der Waals surface area contributed by atoms with Gasteiger partial charge < -0.3 is 4.74 Å². The molecule has 1 saturated heterocycles. The molecular weight excluding hydrogens is 268 g/mol. The molecule has 1 spiro atoms. The molecule has 0 N–H and O–H groups in total. The van der Waals surface area contributed by atoms with Crippen LogP contribution in [0.4, 0.5) is 0 Å². The molecule has 2 fully saturated rings. The van der Waals surface area contributed by atoms with Crippen molar-refractivity contribution in [3.05, 3.63) is 71.8 Å². The number of benzene rings is 2. The topological polar surface area (TPSA) is 12.5 Å². The summed E-state index contributed by atoms with van der Waals surface area (Å²) < 4.78 is 6.37. The van der Waals surface area contributed by atoms with E-state index in [0.717, 1.165) is 18.4 Å². The van der Waals surface area contributed by atoms with Gasteiger partial charge in [0.1, 0.15) is 5.60 Å². The molecule has 2 aliphatic rings. The summed E-state index contributed by atoms with van der Waals surface area (Å²) in [6.45, 7) is 0. The number of rotatable bonds is 1. The van der Waals surface area contributed by atoms with E-state index in [0.29, 0.717) is 0 Å². The van der Waals surface area contributed by atoms with Crippen LogP contribution in [0.3, 0.4) is 0 Å². The van der Waals surface area contributed by atoms with E-state index in [-0.39, 0.29) is 5.60 Å². The fourth-order valence-corrected chi connectivity index (χ4v) is 3.73. The van der Waals surface area contributed by atoms with Gasteiger partial charge in [-0.25, -0.2) is 0 Å². The van der Waals surface area contributed by atoms with Gasteiger partial charge >= 0.3 is 0 Å². The minimum Gasteiger partial charge on any atom is -0.344 e. The zero-order chi connectivity index (χ0) is 14.9. The van der Waals surface area contributed by atoms with Crippen molar-refractivity contribution in [2.45, 2.75) is 43.3 Å². The lowest BCUT2D eigenvalue weighted by Crippen LogP contribution is -2.25. The van der Waals surface area contributed by atoms with Crippen LogP contribution in [-0.2, 0) is 10.3 Å². The Kier molecular flexibility index (Phi) is 3.28. The Morgan fingerprint density at radius 1 is 0.773 bits per heavy atom. The van der Waals surface area contributed by atoms with Gasteiger partial charge in [-0.05, 0) is 30.5 Å². The standard InChI is InChI=1S/C21H20O/c1-4-10-18(11-5-1)14-17-21(19-12-6-2-7-13-19)20(22-21)15-8-3-9-16-20/h1-2,4-7,10-13H,3,8-9,15-16H2. The molecule has 0 bridgehead atoms. The first-order valence-electron chi connectivity index (χ1n) is 8.19. The first-order chi connectivity index (χ1) is 10.8. The summed E-state index contributed by atoms with van der Waals surface area (Å²) in [4.78, 5) is 0. The average molecular weight is 288 g/mol. The molecule has 1 aliphatic carbocycles. The second-order valence-corrected chi connectivity index (χ2v) is 6.32. The van der Waals surface area contributed by atoms with Crippen LogP contribution < -0.4 is 0 Å². The highest BCUT2D eigenvalue weighted by Crippen LogP contribution is 2.62. The van der Waals surface area contributed by atoms with E-state index in [1.54, 1.807) is 0 Å². The van der Waals surface area contributed by atoms with Gasteiger partial charge in [0.2, 0.25) is 0 Å². The quantitative estimate of drug-likeness (QED) is 0.549. The van der Waals surface area contributed by atoms with Crippen molar-refractivity contribution in [2.24, 2.45) is 0 Å². The van der Waals surface area contributed by atoms with Gasteiger partial charge in [-0.15, -0.1) is 0 Å². The number of ether oxygens (including phenoxy) is 1. The molecular formula is C21H20O. The Morgan fingerprint density at radius 3 is 2.09 bits per heavy atom. The maximum absolute atomic E-state index is 6.37. The van der Waals surface area contributed by atoms with Crippen LogP contribution in [0.2, 0.25) is 0 Å². The van der Waals surface area contributed by atoms with Crippen molar-refractivity contribution in [3.63, 3.8) is 0 Å². The highest BCUT2D eigenvalue weighted by molar-refractivity contribution is 5.47. The minimum atomic E-state index is -0.398. The van der Waals surface area contributed by atoms with Crippen molar-refractivity contribution >= 4 is 0 Å². The SMILES string of the molecule is C(#CC1(c2ccccc2)OC12CCCCC2)c1ccccc1. The molecule has 2 aromatic carbocycles. The summed E-state index contributed by atoms with van der Waals surface area (Å²) in [5.41, 5.74) is 1.82. The van der Waals surface area contributed by atoms with Crippen molar-refractivity contribution < 1.29 is 4.74 Å². The van der Waals surface area contributed by atoms with Crippen LogP contribution in [0.15, 0.2) is 60.7 Å². The highest BCUT2D eigenvalue weighted by Gasteiger charge is 2.69. The van der Waals surface area contributed by atoms with Crippen molar-refractivity contribution in [1.29, 1.82) is 0 Å². The first kappa shape index (κ1) is 13.6. The van der Waals surface area contributed by atoms with Gasteiger partial charge in [0, 0.05) is 5.56 Å². The molecule has 0 amide bonds. The molecule has 1 saturated carbocycles. The fourth-order valence-electron chi connectivity index (χ4n) is 3.73. The molecule has 22 heavy (non-hydrogen) atoms. The van der Waals surface area contributed by atoms with E-state index < -0.39 is 5.60 Å². The minimum absolute atomic E-state index is 0.0472. The lowest BCUT2D eigenvalue weighted by atomic mass is 9.77. The molecule has 1 unspecified atom stereocenters. The second kappa shape index (κ2) is 5.30. The smallest absolute Gasteiger partial charge is 0.184 e. The van der Waals surface area contributed by atoms with Gasteiger partial charge in [-0.3, -0.25) is 0 Å². The van der Waals surface area contributed by atoms with E-state index in [9.17, 15) is 0 Å². The highest BCUT2D eigenvalue weighted by atomic mass is 16.6. The fraction of sp³-hybridized carbons (Fsp3) is 0.333. The largest absolute Gasteiger partial charge is 0.344 e. The van der Waals surface area contributed by atoms with E-state index in [1.165, 1.54) is 24.8 Å². The van der Waals surface area contributed by atoms with Gasteiger partial charge in [0.25, 0.3) is 0 Å². The summed E-state index contributed by atoms with van der Waals surface area (Å²) in [6, 6.07) is 20.7. The Bertz CT molecular complexity index is 702. The van der Waals surface area contributed by atoms with Crippen molar-refractivity contribution in [1.82, 2.24) is 0 Å². The molecule has 4 rings (SSSR count). The molecule has 2 aromatic rings. The number of hydrogen-bond donors (Lipinski definition) is 0. The number of hydrogen-bond acceptors (Lipinski definition) is 1. The van der Waals surface area contributed by atoms with Crippen LogP contribution in [0.25, 0.3) is 0 Å². The Labute approximate surface area is 132 Å². The van der Waals surface area contributed by atoms with Gasteiger partial charge in [0.05, 0.1) is 0 Å². The molecule has 1 nitrogen and oxygen atoms in total. The summed E-state index contributed by atoms with van der Waals surface area (Å²) in [5.74, 6) is 6.83. The molecule has 1 aliphatic heterocycles. The van der Waals surface area contributed by atoms with E-state index in [2.05, 4.69) is 54.3 Å². The van der Waals surface area contributed by atoms with Gasteiger partial charge in [-0.1, -0.05) is 79.6 Å². The Balaban J connectivity index is 1.74. The normalized spacial score (nSPS) is 25.3. The van der Waals surface area contributed by atoms with E-state index in [1.807, 2.05) is 18.2 Å². The third-order valence-corrected chi connectivity index (χ3v) is 4.95. The van der Waals surface area contributed by atoms with Gasteiger partial charge in [-0.2, -0.15) is 0 Å². The van der Waals surface area contributed by atoms with Crippen LogP contribution in [0, 0.1) is 11.8 Å². The zero-order valence-corrected chi connectivity index (χ0v) is 12.7. The van der Waals surface area contributed by atoms with Crippen LogP contribution in [0.5, 0.6) is 0 Å². The van der Waals surface area contributed by atoms with Crippen molar-refractivity contribution in [3.8, 4) is 11.8 Å². The molecule has 1 heteroatoms. The summed E-state index contributed by atoms with van der Waals surface area (Å²) in [7, 11) is 0. The van der Waals surface area contributed by atoms with Crippen LogP contribution >= 0.6 is 0 Å². The second-order valence-electron chi connectivity index (χ2n) is 6.32. The Morgan fingerprint density at radius 2 is 1.41 bits per heavy atom. The summed E-state index contributed by atoms with van der Waals surface area (Å²) in [6.07, 6.45) is 6.09. The summed E-state index contributed by atoms with van der Waals surface area (Å²) in [5, 5.41) is 0. The van der Waals surface area contributed by atoms with Gasteiger partial charge in [0.15, 0.2) is 5.60 Å². The van der Waals surface area contributed by atoms with E-state index in [4.69, 9.17) is 4.74 Å².